The number of aromatic nitrogens is 2. The molecule has 1 fully saturated rings. The summed E-state index contributed by atoms with van der Waals surface area (Å²) in [5.41, 5.74) is 4.07. The predicted molar refractivity (Wildman–Crippen MR) is 107 cm³/mol. The number of benzene rings is 2. The van der Waals surface area contributed by atoms with E-state index in [0.29, 0.717) is 17.8 Å². The summed E-state index contributed by atoms with van der Waals surface area (Å²) in [6, 6.07) is 16.8. The van der Waals surface area contributed by atoms with Gasteiger partial charge in [0.05, 0.1) is 5.69 Å². The average molecular weight is 375 g/mol. The minimum atomic E-state index is -0.239. The molecule has 1 aromatic heterocycles. The zero-order valence-corrected chi connectivity index (χ0v) is 15.2. The lowest BCUT2D eigenvalue weighted by Gasteiger charge is -2.09. The summed E-state index contributed by atoms with van der Waals surface area (Å²) < 4.78 is 0. The summed E-state index contributed by atoms with van der Waals surface area (Å²) in [6.45, 7) is 0.419. The number of amides is 3. The number of rotatable bonds is 6. The van der Waals surface area contributed by atoms with Gasteiger partial charge in [-0.05, 0) is 48.2 Å². The molecule has 2 aromatic carbocycles. The Hall–Kier alpha value is -3.61. The Balaban J connectivity index is 1.33. The maximum absolute atomic E-state index is 12.4. The quantitative estimate of drug-likeness (QED) is 0.532. The first-order valence-electron chi connectivity index (χ1n) is 9.22. The van der Waals surface area contributed by atoms with E-state index in [1.54, 1.807) is 30.5 Å². The molecule has 1 aliphatic carbocycles. The Morgan fingerprint density at radius 3 is 2.61 bits per heavy atom. The highest BCUT2D eigenvalue weighted by Gasteiger charge is 2.23. The third-order valence-electron chi connectivity index (χ3n) is 4.51. The van der Waals surface area contributed by atoms with Crippen LogP contribution in [0.4, 0.5) is 10.5 Å². The van der Waals surface area contributed by atoms with E-state index in [1.807, 2.05) is 30.3 Å². The van der Waals surface area contributed by atoms with Crippen LogP contribution in [0.3, 0.4) is 0 Å². The van der Waals surface area contributed by atoms with Crippen molar-refractivity contribution in [3.05, 3.63) is 71.9 Å². The van der Waals surface area contributed by atoms with E-state index in [9.17, 15) is 9.59 Å². The topological polar surface area (TPSA) is 98.9 Å². The van der Waals surface area contributed by atoms with Crippen molar-refractivity contribution in [3.63, 3.8) is 0 Å². The molecule has 7 nitrogen and oxygen atoms in total. The molecule has 0 radical (unpaired) electrons. The first-order valence-corrected chi connectivity index (χ1v) is 9.22. The molecule has 7 heteroatoms. The molecule has 0 unspecified atom stereocenters. The van der Waals surface area contributed by atoms with Gasteiger partial charge in [-0.1, -0.05) is 30.3 Å². The van der Waals surface area contributed by atoms with Gasteiger partial charge < -0.3 is 16.0 Å². The van der Waals surface area contributed by atoms with Gasteiger partial charge in [-0.15, -0.1) is 0 Å². The second-order valence-corrected chi connectivity index (χ2v) is 6.80. The minimum absolute atomic E-state index is 0.191. The molecule has 142 valence electrons. The zero-order valence-electron chi connectivity index (χ0n) is 15.2. The normalized spacial score (nSPS) is 13.0. The third kappa shape index (κ3) is 4.56. The third-order valence-corrected chi connectivity index (χ3v) is 4.51. The fraction of sp³-hybridized carbons (Fsp3) is 0.190. The van der Waals surface area contributed by atoms with Crippen molar-refractivity contribution >= 4 is 17.6 Å². The summed E-state index contributed by atoms with van der Waals surface area (Å²) in [4.78, 5) is 24.3. The van der Waals surface area contributed by atoms with Crippen LogP contribution in [0, 0.1) is 0 Å². The van der Waals surface area contributed by atoms with E-state index in [0.717, 1.165) is 29.7 Å². The lowest BCUT2D eigenvalue weighted by atomic mass is 10.1. The van der Waals surface area contributed by atoms with Gasteiger partial charge in [0.15, 0.2) is 0 Å². The van der Waals surface area contributed by atoms with Crippen LogP contribution in [0.2, 0.25) is 0 Å². The van der Waals surface area contributed by atoms with Crippen molar-refractivity contribution in [1.29, 1.82) is 0 Å². The Labute approximate surface area is 162 Å². The van der Waals surface area contributed by atoms with E-state index in [4.69, 9.17) is 0 Å². The average Bonchev–Trinajstić information content (AvgIpc) is 3.35. The molecule has 3 amide bonds. The van der Waals surface area contributed by atoms with E-state index in [2.05, 4.69) is 26.1 Å². The first-order chi connectivity index (χ1) is 13.7. The van der Waals surface area contributed by atoms with Gasteiger partial charge in [0, 0.05) is 30.0 Å². The van der Waals surface area contributed by atoms with Crippen molar-refractivity contribution in [3.8, 4) is 11.3 Å². The second-order valence-electron chi connectivity index (χ2n) is 6.80. The minimum Gasteiger partial charge on any atom is -0.348 e. The summed E-state index contributed by atoms with van der Waals surface area (Å²) in [7, 11) is 0. The van der Waals surface area contributed by atoms with Gasteiger partial charge in [0.2, 0.25) is 0 Å². The monoisotopic (exact) mass is 375 g/mol. The highest BCUT2D eigenvalue weighted by molar-refractivity contribution is 5.96. The number of urea groups is 1. The summed E-state index contributed by atoms with van der Waals surface area (Å²) in [6.07, 6.45) is 3.76. The van der Waals surface area contributed by atoms with Crippen molar-refractivity contribution < 1.29 is 9.59 Å². The van der Waals surface area contributed by atoms with Gasteiger partial charge in [0.25, 0.3) is 5.91 Å². The number of aromatic amines is 1. The van der Waals surface area contributed by atoms with E-state index < -0.39 is 0 Å². The van der Waals surface area contributed by atoms with E-state index >= 15 is 0 Å². The largest absolute Gasteiger partial charge is 0.348 e. The van der Waals surface area contributed by atoms with Crippen LogP contribution in [0.5, 0.6) is 0 Å². The number of anilines is 1. The summed E-state index contributed by atoms with van der Waals surface area (Å²) >= 11 is 0. The lowest BCUT2D eigenvalue weighted by molar-refractivity contribution is 0.0951. The Bertz CT molecular complexity index is 963. The molecule has 28 heavy (non-hydrogen) atoms. The van der Waals surface area contributed by atoms with Gasteiger partial charge in [0.1, 0.15) is 0 Å². The molecule has 1 aliphatic rings. The highest BCUT2D eigenvalue weighted by Crippen LogP contribution is 2.19. The van der Waals surface area contributed by atoms with Gasteiger partial charge in [-0.2, -0.15) is 5.10 Å². The maximum atomic E-state index is 12.4. The molecular weight excluding hydrogens is 354 g/mol. The fourth-order valence-electron chi connectivity index (χ4n) is 2.82. The molecule has 0 aliphatic heterocycles. The Kier molecular flexibility index (Phi) is 5.05. The van der Waals surface area contributed by atoms with Crippen molar-refractivity contribution in [1.82, 2.24) is 20.8 Å². The van der Waals surface area contributed by atoms with Crippen molar-refractivity contribution in [2.75, 3.05) is 5.32 Å². The van der Waals surface area contributed by atoms with Crippen LogP contribution in [-0.4, -0.2) is 28.2 Å². The molecular formula is C21H21N5O2. The predicted octanol–water partition coefficient (Wildman–Crippen LogP) is 3.29. The molecule has 3 aromatic rings. The van der Waals surface area contributed by atoms with Crippen LogP contribution in [0.15, 0.2) is 60.8 Å². The number of nitrogens with zero attached hydrogens (tertiary/aromatic N) is 1. The standard InChI is InChI=1S/C21H21N5O2/c27-20(16-2-1-3-18(12-16)25-21(28)24-17-8-9-17)22-13-14-4-6-15(7-5-14)19-10-11-23-26-19/h1-7,10-12,17H,8-9,13H2,(H,22,27)(H,23,26)(H2,24,25,28). The number of carbonyl (C=O) groups is 2. The van der Waals surface area contributed by atoms with Crippen molar-refractivity contribution in [2.45, 2.75) is 25.4 Å². The number of hydrogen-bond acceptors (Lipinski definition) is 3. The van der Waals surface area contributed by atoms with Gasteiger partial charge in [-0.25, -0.2) is 4.79 Å². The van der Waals surface area contributed by atoms with E-state index in [1.165, 1.54) is 0 Å². The molecule has 1 saturated carbocycles. The zero-order chi connectivity index (χ0) is 19.3. The maximum Gasteiger partial charge on any atom is 0.319 e. The Morgan fingerprint density at radius 1 is 1.07 bits per heavy atom. The lowest BCUT2D eigenvalue weighted by Crippen LogP contribution is -2.30. The molecule has 4 N–H and O–H groups in total. The van der Waals surface area contributed by atoms with Crippen LogP contribution in [0.1, 0.15) is 28.8 Å². The van der Waals surface area contributed by atoms with E-state index in [-0.39, 0.29) is 18.0 Å². The smallest absolute Gasteiger partial charge is 0.319 e. The fourth-order valence-corrected chi connectivity index (χ4v) is 2.82. The summed E-state index contributed by atoms with van der Waals surface area (Å²) in [5.74, 6) is -0.191. The Morgan fingerprint density at radius 2 is 1.89 bits per heavy atom. The number of nitrogens with one attached hydrogen (secondary N) is 4. The molecule has 0 bridgehead atoms. The number of hydrogen-bond donors (Lipinski definition) is 4. The molecule has 0 spiro atoms. The molecule has 1 heterocycles. The summed E-state index contributed by atoms with van der Waals surface area (Å²) in [5, 5.41) is 15.4. The number of carbonyl (C=O) groups excluding carboxylic acids is 2. The van der Waals surface area contributed by atoms with Crippen LogP contribution in [0.25, 0.3) is 11.3 Å². The van der Waals surface area contributed by atoms with Gasteiger partial charge >= 0.3 is 6.03 Å². The van der Waals surface area contributed by atoms with Gasteiger partial charge in [-0.3, -0.25) is 9.89 Å². The molecule has 0 atom stereocenters. The molecule has 0 saturated heterocycles. The molecule has 4 rings (SSSR count). The number of H-pyrrole nitrogens is 1. The van der Waals surface area contributed by atoms with Crippen LogP contribution < -0.4 is 16.0 Å². The highest BCUT2D eigenvalue weighted by atomic mass is 16.2. The van der Waals surface area contributed by atoms with Crippen molar-refractivity contribution in [2.24, 2.45) is 0 Å². The second kappa shape index (κ2) is 7.96. The SMILES string of the molecule is O=C(Nc1cccc(C(=O)NCc2ccc(-c3ccn[nH]3)cc2)c1)NC1CC1. The van der Waals surface area contributed by atoms with Crippen LogP contribution >= 0.6 is 0 Å². The van der Waals surface area contributed by atoms with Crippen LogP contribution in [-0.2, 0) is 6.54 Å². The first kappa shape index (κ1) is 17.8.